The van der Waals surface area contributed by atoms with Crippen molar-refractivity contribution in [2.45, 2.75) is 37.8 Å². The molecule has 1 aliphatic heterocycles. The van der Waals surface area contributed by atoms with E-state index in [0.717, 1.165) is 5.56 Å². The highest BCUT2D eigenvalue weighted by Gasteiger charge is 2.32. The van der Waals surface area contributed by atoms with Crippen LogP contribution >= 0.6 is 0 Å². The van der Waals surface area contributed by atoms with E-state index in [9.17, 15) is 13.2 Å². The summed E-state index contributed by atoms with van der Waals surface area (Å²) in [5.41, 5.74) is 1.49. The van der Waals surface area contributed by atoms with Crippen LogP contribution in [0.15, 0.2) is 64.5 Å². The van der Waals surface area contributed by atoms with Gasteiger partial charge < -0.3 is 5.32 Å². The maximum absolute atomic E-state index is 12.8. The SMILES string of the molecule is CC(C)[C@@H](N=C1NS(=O)(=O)c2ccccc21)C(=O)N[C@@H](C)c1ccccc1. The Morgan fingerprint density at radius 3 is 2.30 bits per heavy atom. The van der Waals surface area contributed by atoms with Gasteiger partial charge >= 0.3 is 0 Å². The van der Waals surface area contributed by atoms with Crippen LogP contribution in [0, 0.1) is 5.92 Å². The van der Waals surface area contributed by atoms with Gasteiger partial charge in [0, 0.05) is 5.56 Å². The van der Waals surface area contributed by atoms with E-state index in [1.807, 2.05) is 51.1 Å². The zero-order chi connectivity index (χ0) is 19.6. The lowest BCUT2D eigenvalue weighted by atomic mass is 10.0. The molecule has 3 rings (SSSR count). The van der Waals surface area contributed by atoms with Crippen molar-refractivity contribution in [3.8, 4) is 0 Å². The molecule has 6 nitrogen and oxygen atoms in total. The number of fused-ring (bicyclic) bond motifs is 1. The summed E-state index contributed by atoms with van der Waals surface area (Å²) < 4.78 is 27.0. The first-order chi connectivity index (χ1) is 12.8. The van der Waals surface area contributed by atoms with Crippen molar-refractivity contribution in [1.29, 1.82) is 0 Å². The molecule has 0 fully saturated rings. The van der Waals surface area contributed by atoms with E-state index < -0.39 is 16.1 Å². The molecule has 0 aliphatic carbocycles. The first kappa shape index (κ1) is 19.1. The van der Waals surface area contributed by atoms with E-state index in [-0.39, 0.29) is 28.6 Å². The Morgan fingerprint density at radius 2 is 1.63 bits per heavy atom. The van der Waals surface area contributed by atoms with Crippen molar-refractivity contribution in [3.63, 3.8) is 0 Å². The molecule has 0 aromatic heterocycles. The first-order valence-electron chi connectivity index (χ1n) is 8.85. The van der Waals surface area contributed by atoms with E-state index in [1.54, 1.807) is 18.2 Å². The molecule has 7 heteroatoms. The summed E-state index contributed by atoms with van der Waals surface area (Å²) in [5, 5.41) is 2.97. The van der Waals surface area contributed by atoms with Crippen molar-refractivity contribution in [3.05, 3.63) is 65.7 Å². The number of nitrogens with zero attached hydrogens (tertiary/aromatic N) is 1. The zero-order valence-corrected chi connectivity index (χ0v) is 16.3. The molecule has 1 aliphatic rings. The van der Waals surface area contributed by atoms with Crippen LogP contribution in [-0.2, 0) is 14.8 Å². The molecule has 0 saturated heterocycles. The van der Waals surface area contributed by atoms with Gasteiger partial charge in [0.25, 0.3) is 10.0 Å². The monoisotopic (exact) mass is 385 g/mol. The average Bonchev–Trinajstić information content (AvgIpc) is 2.90. The molecule has 2 atom stereocenters. The smallest absolute Gasteiger partial charge is 0.263 e. The molecule has 0 spiro atoms. The minimum absolute atomic E-state index is 0.0993. The second kappa shape index (κ2) is 7.52. The summed E-state index contributed by atoms with van der Waals surface area (Å²) in [5.74, 6) is -0.123. The molecule has 1 amide bonds. The maximum Gasteiger partial charge on any atom is 0.263 e. The number of aliphatic imine (C=N–C) groups is 1. The van der Waals surface area contributed by atoms with Crippen molar-refractivity contribution in [1.82, 2.24) is 10.0 Å². The largest absolute Gasteiger partial charge is 0.348 e. The van der Waals surface area contributed by atoms with Gasteiger partial charge in [0.05, 0.1) is 10.9 Å². The molecule has 2 N–H and O–H groups in total. The molecule has 142 valence electrons. The van der Waals surface area contributed by atoms with E-state index in [4.69, 9.17) is 0 Å². The van der Waals surface area contributed by atoms with Gasteiger partial charge in [-0.3, -0.25) is 14.5 Å². The summed E-state index contributed by atoms with van der Waals surface area (Å²) in [7, 11) is -3.63. The molecule has 2 aromatic rings. The quantitative estimate of drug-likeness (QED) is 0.829. The van der Waals surface area contributed by atoms with E-state index >= 15 is 0 Å². The number of carbonyl (C=O) groups is 1. The first-order valence-corrected chi connectivity index (χ1v) is 10.3. The summed E-state index contributed by atoms with van der Waals surface area (Å²) >= 11 is 0. The zero-order valence-electron chi connectivity index (χ0n) is 15.5. The number of benzene rings is 2. The predicted molar refractivity (Wildman–Crippen MR) is 105 cm³/mol. The van der Waals surface area contributed by atoms with Gasteiger partial charge in [-0.1, -0.05) is 56.3 Å². The minimum Gasteiger partial charge on any atom is -0.348 e. The molecular weight excluding hydrogens is 362 g/mol. The van der Waals surface area contributed by atoms with Gasteiger partial charge in [-0.15, -0.1) is 0 Å². The fraction of sp³-hybridized carbons (Fsp3) is 0.300. The Kier molecular flexibility index (Phi) is 5.32. The number of amidine groups is 1. The second-order valence-corrected chi connectivity index (χ2v) is 8.56. The summed E-state index contributed by atoms with van der Waals surface area (Å²) in [4.78, 5) is 17.5. The molecule has 2 aromatic carbocycles. The summed E-state index contributed by atoms with van der Waals surface area (Å²) in [6, 6.07) is 15.4. The van der Waals surface area contributed by atoms with Crippen LogP contribution in [0.25, 0.3) is 0 Å². The van der Waals surface area contributed by atoms with Gasteiger partial charge in [0.15, 0.2) is 0 Å². The van der Waals surface area contributed by atoms with Crippen LogP contribution < -0.4 is 10.0 Å². The molecular formula is C20H23N3O3S. The lowest BCUT2D eigenvalue weighted by Gasteiger charge is -2.21. The number of hydrogen-bond donors (Lipinski definition) is 2. The fourth-order valence-electron chi connectivity index (χ4n) is 3.00. The highest BCUT2D eigenvalue weighted by molar-refractivity contribution is 7.90. The van der Waals surface area contributed by atoms with Crippen LogP contribution in [-0.4, -0.2) is 26.2 Å². The number of amides is 1. The van der Waals surface area contributed by atoms with E-state index in [1.165, 1.54) is 6.07 Å². The highest BCUT2D eigenvalue weighted by Crippen LogP contribution is 2.23. The molecule has 27 heavy (non-hydrogen) atoms. The van der Waals surface area contributed by atoms with E-state index in [2.05, 4.69) is 15.0 Å². The average molecular weight is 385 g/mol. The van der Waals surface area contributed by atoms with Crippen LogP contribution in [0.5, 0.6) is 0 Å². The number of carbonyl (C=O) groups excluding carboxylic acids is 1. The second-order valence-electron chi connectivity index (χ2n) is 6.91. The van der Waals surface area contributed by atoms with Crippen LogP contribution in [0.2, 0.25) is 0 Å². The number of nitrogens with one attached hydrogen (secondary N) is 2. The Labute approximate surface area is 159 Å². The van der Waals surface area contributed by atoms with Crippen LogP contribution in [0.4, 0.5) is 0 Å². The minimum atomic E-state index is -3.63. The lowest BCUT2D eigenvalue weighted by molar-refractivity contribution is -0.123. The Hall–Kier alpha value is -2.67. The van der Waals surface area contributed by atoms with Gasteiger partial charge in [-0.2, -0.15) is 0 Å². The van der Waals surface area contributed by atoms with Gasteiger partial charge in [-0.25, -0.2) is 8.42 Å². The third-order valence-electron chi connectivity index (χ3n) is 4.49. The Balaban J connectivity index is 1.87. The Bertz CT molecular complexity index is 969. The van der Waals surface area contributed by atoms with E-state index in [0.29, 0.717) is 5.56 Å². The number of sulfonamides is 1. The highest BCUT2D eigenvalue weighted by atomic mass is 32.2. The van der Waals surface area contributed by atoms with Crippen molar-refractivity contribution in [2.75, 3.05) is 0 Å². The lowest BCUT2D eigenvalue weighted by Crippen LogP contribution is -2.39. The normalized spacial score (nSPS) is 18.6. The van der Waals surface area contributed by atoms with Gasteiger partial charge in [-0.05, 0) is 30.5 Å². The Morgan fingerprint density at radius 1 is 1.00 bits per heavy atom. The van der Waals surface area contributed by atoms with Crippen LogP contribution in [0.3, 0.4) is 0 Å². The molecule has 0 unspecified atom stereocenters. The van der Waals surface area contributed by atoms with Crippen molar-refractivity contribution < 1.29 is 13.2 Å². The summed E-state index contributed by atoms with van der Waals surface area (Å²) in [6.45, 7) is 5.68. The topological polar surface area (TPSA) is 87.6 Å². The van der Waals surface area contributed by atoms with Crippen LogP contribution in [0.1, 0.15) is 37.9 Å². The predicted octanol–water partition coefficient (Wildman–Crippen LogP) is 2.63. The number of hydrogen-bond acceptors (Lipinski definition) is 4. The standard InChI is InChI=1S/C20H23N3O3S/c1-13(2)18(20(24)21-14(3)15-9-5-4-6-10-15)22-19-16-11-7-8-12-17(16)27(25,26)23-19/h4-14,18H,1-3H3,(H,21,24)(H,22,23)/t14-,18+/m0/s1. The third kappa shape index (κ3) is 4.03. The third-order valence-corrected chi connectivity index (χ3v) is 5.89. The van der Waals surface area contributed by atoms with Crippen molar-refractivity contribution in [2.24, 2.45) is 10.9 Å². The molecule has 0 radical (unpaired) electrons. The van der Waals surface area contributed by atoms with Crippen molar-refractivity contribution >= 4 is 21.8 Å². The molecule has 0 bridgehead atoms. The summed E-state index contributed by atoms with van der Waals surface area (Å²) in [6.07, 6.45) is 0. The molecule has 0 saturated carbocycles. The maximum atomic E-state index is 12.8. The van der Waals surface area contributed by atoms with Gasteiger partial charge in [0.2, 0.25) is 5.91 Å². The van der Waals surface area contributed by atoms with Gasteiger partial charge in [0.1, 0.15) is 11.9 Å². The fourth-order valence-corrected chi connectivity index (χ4v) is 4.24. The number of rotatable bonds is 5. The molecule has 1 heterocycles.